The van der Waals surface area contributed by atoms with Gasteiger partial charge in [-0.3, -0.25) is 19.3 Å². The van der Waals surface area contributed by atoms with E-state index in [0.717, 1.165) is 21.9 Å². The molecule has 2 aliphatic heterocycles. The predicted octanol–water partition coefficient (Wildman–Crippen LogP) is 4.06. The number of aromatic nitrogens is 1. The molecule has 212 valence electrons. The number of thioether (sulfide) groups is 1. The number of carbonyl (C=O) groups excluding carboxylic acids is 3. The van der Waals surface area contributed by atoms with Crippen molar-refractivity contribution in [1.82, 2.24) is 4.98 Å². The molecule has 2 amide bonds. The lowest BCUT2D eigenvalue weighted by molar-refractivity contribution is -0.145. The molecule has 7 atom stereocenters. The van der Waals surface area contributed by atoms with Crippen LogP contribution in [0.15, 0.2) is 58.4 Å². The second-order valence-corrected chi connectivity index (χ2v) is 13.0. The maximum atomic E-state index is 13.8. The number of imide groups is 1. The van der Waals surface area contributed by atoms with Crippen LogP contribution in [0, 0.1) is 29.6 Å². The van der Waals surface area contributed by atoms with Gasteiger partial charge in [0, 0.05) is 16.0 Å². The highest BCUT2D eigenvalue weighted by atomic mass is 32.2. The molecule has 3 aromatic rings. The third-order valence-electron chi connectivity index (χ3n) is 8.94. The number of hydrogen-bond acceptors (Lipinski definition) is 9. The zero-order valence-corrected chi connectivity index (χ0v) is 24.0. The van der Waals surface area contributed by atoms with E-state index >= 15 is 0 Å². The third kappa shape index (κ3) is 4.04. The summed E-state index contributed by atoms with van der Waals surface area (Å²) < 4.78 is 16.3. The molecule has 41 heavy (non-hydrogen) atoms. The van der Waals surface area contributed by atoms with Gasteiger partial charge in [0.1, 0.15) is 0 Å². The third-order valence-corrected chi connectivity index (χ3v) is 11.5. The van der Waals surface area contributed by atoms with E-state index in [1.165, 1.54) is 16.2 Å². The average Bonchev–Trinajstić information content (AvgIpc) is 3.71. The number of thiazole rings is 1. The van der Waals surface area contributed by atoms with Crippen LogP contribution in [0.3, 0.4) is 0 Å². The van der Waals surface area contributed by atoms with Crippen molar-refractivity contribution < 1.29 is 28.6 Å². The molecule has 1 N–H and O–H groups in total. The number of aromatic amines is 1. The summed E-state index contributed by atoms with van der Waals surface area (Å²) in [5, 5.41) is 0.927. The molecule has 2 bridgehead atoms. The number of methoxy groups -OCH3 is 1. The summed E-state index contributed by atoms with van der Waals surface area (Å²) in [6.07, 6.45) is 0.811. The summed E-state index contributed by atoms with van der Waals surface area (Å²) in [5.74, 6) is -0.572. The van der Waals surface area contributed by atoms with E-state index in [0.29, 0.717) is 17.2 Å². The molecule has 7 rings (SSSR count). The SMILES string of the molecule is CCOC(=O)COc1ccc([C@H]2c3sc(=O)[nH]c3SC3C2[C@H]2C[C@@H]3C3C(=O)N(c4ccccc4)C(=O)C32)cc1OC. The van der Waals surface area contributed by atoms with Crippen LogP contribution in [0.4, 0.5) is 5.69 Å². The molecular weight excluding hydrogens is 564 g/mol. The molecule has 11 heteroatoms. The number of nitrogens with one attached hydrogen (secondary N) is 1. The van der Waals surface area contributed by atoms with Crippen molar-refractivity contribution in [3.63, 3.8) is 0 Å². The summed E-state index contributed by atoms with van der Waals surface area (Å²) in [5.41, 5.74) is 1.56. The van der Waals surface area contributed by atoms with Crippen LogP contribution in [0.1, 0.15) is 29.7 Å². The number of fused-ring (bicyclic) bond motifs is 9. The Balaban J connectivity index is 1.26. The maximum absolute atomic E-state index is 13.8. The van der Waals surface area contributed by atoms with E-state index in [9.17, 15) is 19.2 Å². The largest absolute Gasteiger partial charge is 0.493 e. The second kappa shape index (κ2) is 10.1. The number of benzene rings is 2. The van der Waals surface area contributed by atoms with Gasteiger partial charge in [-0.2, -0.15) is 0 Å². The Morgan fingerprint density at radius 3 is 2.51 bits per heavy atom. The number of esters is 1. The van der Waals surface area contributed by atoms with Crippen LogP contribution in [-0.2, 0) is 19.1 Å². The van der Waals surface area contributed by atoms with Crippen molar-refractivity contribution in [2.24, 2.45) is 29.6 Å². The molecule has 3 fully saturated rings. The second-order valence-electron chi connectivity index (χ2n) is 10.8. The molecule has 0 radical (unpaired) electrons. The minimum absolute atomic E-state index is 0.00810. The first-order valence-corrected chi connectivity index (χ1v) is 15.4. The van der Waals surface area contributed by atoms with Gasteiger partial charge in [0.25, 0.3) is 0 Å². The molecule has 2 aliphatic carbocycles. The monoisotopic (exact) mass is 592 g/mol. The number of nitrogens with zero attached hydrogens (tertiary/aromatic N) is 1. The first-order valence-electron chi connectivity index (χ1n) is 13.7. The number of para-hydroxylation sites is 1. The molecule has 1 aromatic heterocycles. The number of carbonyl (C=O) groups is 3. The van der Waals surface area contributed by atoms with E-state index in [1.807, 2.05) is 42.5 Å². The summed E-state index contributed by atoms with van der Waals surface area (Å²) >= 11 is 2.86. The zero-order valence-electron chi connectivity index (χ0n) is 22.4. The minimum Gasteiger partial charge on any atom is -0.493 e. The zero-order chi connectivity index (χ0) is 28.4. The first kappa shape index (κ1) is 26.3. The van der Waals surface area contributed by atoms with Crippen LogP contribution in [-0.4, -0.2) is 48.3 Å². The molecule has 2 aromatic carbocycles. The lowest BCUT2D eigenvalue weighted by Crippen LogP contribution is -2.42. The highest BCUT2D eigenvalue weighted by molar-refractivity contribution is 8.00. The molecule has 4 aliphatic rings. The van der Waals surface area contributed by atoms with Crippen molar-refractivity contribution >= 4 is 46.6 Å². The van der Waals surface area contributed by atoms with Crippen molar-refractivity contribution in [2.75, 3.05) is 25.2 Å². The number of H-pyrrole nitrogens is 1. The Hall–Kier alpha value is -3.57. The van der Waals surface area contributed by atoms with Gasteiger partial charge >= 0.3 is 10.8 Å². The smallest absolute Gasteiger partial charge is 0.344 e. The van der Waals surface area contributed by atoms with Crippen LogP contribution in [0.5, 0.6) is 11.5 Å². The van der Waals surface area contributed by atoms with Crippen LogP contribution >= 0.6 is 23.1 Å². The minimum atomic E-state index is -0.468. The van der Waals surface area contributed by atoms with E-state index in [-0.39, 0.29) is 70.7 Å². The normalized spacial score (nSPS) is 29.2. The Morgan fingerprint density at radius 2 is 1.78 bits per heavy atom. The van der Waals surface area contributed by atoms with Crippen molar-refractivity contribution in [3.8, 4) is 11.5 Å². The van der Waals surface area contributed by atoms with Gasteiger partial charge in [-0.1, -0.05) is 35.6 Å². The number of anilines is 1. The quantitative estimate of drug-likeness (QED) is 0.323. The molecule has 0 spiro atoms. The van der Waals surface area contributed by atoms with E-state index in [1.54, 1.807) is 31.9 Å². The average molecular weight is 593 g/mol. The molecule has 1 saturated heterocycles. The van der Waals surface area contributed by atoms with E-state index in [4.69, 9.17) is 14.2 Å². The fourth-order valence-corrected chi connectivity index (χ4v) is 10.4. The molecule has 3 heterocycles. The van der Waals surface area contributed by atoms with Gasteiger partial charge in [-0.05, 0) is 60.9 Å². The Morgan fingerprint density at radius 1 is 1.02 bits per heavy atom. The predicted molar refractivity (Wildman–Crippen MR) is 153 cm³/mol. The van der Waals surface area contributed by atoms with Gasteiger partial charge in [0.2, 0.25) is 11.8 Å². The van der Waals surface area contributed by atoms with Crippen molar-refractivity contribution in [3.05, 3.63) is 68.6 Å². The topological polar surface area (TPSA) is 115 Å². The fraction of sp³-hybridized carbons (Fsp3) is 0.400. The highest BCUT2D eigenvalue weighted by Crippen LogP contribution is 2.68. The molecule has 9 nitrogen and oxygen atoms in total. The lowest BCUT2D eigenvalue weighted by atomic mass is 9.68. The lowest BCUT2D eigenvalue weighted by Gasteiger charge is -2.43. The van der Waals surface area contributed by atoms with Gasteiger partial charge in [0.05, 0.1) is 36.3 Å². The number of hydrogen-bond donors (Lipinski definition) is 1. The number of rotatable bonds is 7. The van der Waals surface area contributed by atoms with Gasteiger partial charge < -0.3 is 19.2 Å². The van der Waals surface area contributed by atoms with E-state index in [2.05, 4.69) is 4.98 Å². The summed E-state index contributed by atoms with van der Waals surface area (Å²) in [7, 11) is 1.54. The number of amides is 2. The molecule has 2 saturated carbocycles. The molecular formula is C30H28N2O7S2. The van der Waals surface area contributed by atoms with Crippen molar-refractivity contribution in [1.29, 1.82) is 0 Å². The van der Waals surface area contributed by atoms with Crippen LogP contribution < -0.4 is 19.2 Å². The van der Waals surface area contributed by atoms with Crippen LogP contribution in [0.25, 0.3) is 0 Å². The van der Waals surface area contributed by atoms with Gasteiger partial charge in [-0.15, -0.1) is 11.8 Å². The van der Waals surface area contributed by atoms with Gasteiger partial charge in [-0.25, -0.2) is 4.79 Å². The highest BCUT2D eigenvalue weighted by Gasteiger charge is 2.69. The Labute approximate surface area is 244 Å². The first-order chi connectivity index (χ1) is 19.9. The summed E-state index contributed by atoms with van der Waals surface area (Å²) in [6.45, 7) is 1.76. The molecule has 4 unspecified atom stereocenters. The number of ether oxygens (including phenoxy) is 3. The summed E-state index contributed by atoms with van der Waals surface area (Å²) in [4.78, 5) is 57.2. The summed E-state index contributed by atoms with van der Waals surface area (Å²) in [6, 6.07) is 14.8. The van der Waals surface area contributed by atoms with Gasteiger partial charge in [0.15, 0.2) is 18.1 Å². The maximum Gasteiger partial charge on any atom is 0.344 e. The standard InChI is InChI=1S/C30H28N2O7S2/c1-3-38-20(33)13-39-18-10-9-14(11-19(18)37-2)21-22-16-12-17(25(22)40-27-26(21)41-30(36)31-27)24-23(16)28(34)32(29(24)35)15-7-5-4-6-8-15/h4-11,16-17,21-25H,3,12-13H2,1-2H3,(H,31,36)/t16-,17-,21-,22?,23?,24?,25?/m1/s1. The van der Waals surface area contributed by atoms with E-state index < -0.39 is 5.97 Å². The Kier molecular flexibility index (Phi) is 6.46. The Bertz CT molecular complexity index is 1600. The van der Waals surface area contributed by atoms with Crippen molar-refractivity contribution in [2.45, 2.75) is 29.5 Å². The van der Waals surface area contributed by atoms with Crippen LogP contribution in [0.2, 0.25) is 0 Å². The fourth-order valence-electron chi connectivity index (χ4n) is 7.56.